The van der Waals surface area contributed by atoms with Gasteiger partial charge in [0.15, 0.2) is 24.0 Å². The summed E-state index contributed by atoms with van der Waals surface area (Å²) in [4.78, 5) is 23.0. The largest absolute Gasteiger partial charge is 0.352 e. The van der Waals surface area contributed by atoms with Crippen molar-refractivity contribution in [3.63, 3.8) is 0 Å². The summed E-state index contributed by atoms with van der Waals surface area (Å²) in [5.41, 5.74) is 0.287. The van der Waals surface area contributed by atoms with Gasteiger partial charge in [-0.25, -0.2) is 19.6 Å². The zero-order chi connectivity index (χ0) is 23.6. The van der Waals surface area contributed by atoms with E-state index in [1.54, 1.807) is 0 Å². The molecule has 8 heteroatoms. The van der Waals surface area contributed by atoms with Crippen LogP contribution in [0.1, 0.15) is 73.6 Å². The first kappa shape index (κ1) is 24.1. The zero-order valence-corrected chi connectivity index (χ0v) is 20.8. The number of hydrogen-bond acceptors (Lipinski definition) is 8. The van der Waals surface area contributed by atoms with Gasteiger partial charge in [0, 0.05) is 24.7 Å². The van der Waals surface area contributed by atoms with Crippen LogP contribution in [0.4, 0.5) is 0 Å². The maximum Gasteiger partial charge on any atom is 0.201 e. The standard InChI is InChI=1S/C25H40O8/c1-14(2)20-19(28-23(5,6)31-30-20)11-13-26-21-16(4)18-9-8-15(3)17-10-12-24(7)29-22(27-21)25(17,18)33-32-24/h15-22H,1,8-13H2,2-7H3/t15-,16-,17+,18+,19-,20-,21+,22+,24+,25-/m1/s1. The van der Waals surface area contributed by atoms with Crippen molar-refractivity contribution in [2.24, 2.45) is 23.7 Å². The third-order valence-electron chi connectivity index (χ3n) is 8.39. The van der Waals surface area contributed by atoms with Crippen LogP contribution in [0.3, 0.4) is 0 Å². The summed E-state index contributed by atoms with van der Waals surface area (Å²) < 4.78 is 25.3. The van der Waals surface area contributed by atoms with Crippen LogP contribution in [0.25, 0.3) is 0 Å². The molecule has 10 atom stereocenters. The summed E-state index contributed by atoms with van der Waals surface area (Å²) in [6.07, 6.45) is 3.24. The van der Waals surface area contributed by atoms with E-state index in [0.29, 0.717) is 24.9 Å². The lowest BCUT2D eigenvalue weighted by Crippen LogP contribution is -2.70. The molecule has 0 aromatic carbocycles. The molecule has 0 amide bonds. The summed E-state index contributed by atoms with van der Waals surface area (Å²) in [6, 6.07) is 0. The average Bonchev–Trinajstić information content (AvgIpc) is 2.97. The van der Waals surface area contributed by atoms with Crippen LogP contribution in [-0.2, 0) is 38.5 Å². The van der Waals surface area contributed by atoms with Gasteiger partial charge in [-0.1, -0.05) is 20.4 Å². The van der Waals surface area contributed by atoms with Crippen molar-refractivity contribution in [2.75, 3.05) is 6.61 Å². The molecule has 5 saturated heterocycles. The van der Waals surface area contributed by atoms with Crippen LogP contribution in [0, 0.1) is 23.7 Å². The van der Waals surface area contributed by atoms with Gasteiger partial charge in [-0.05, 0) is 64.4 Å². The monoisotopic (exact) mass is 468 g/mol. The van der Waals surface area contributed by atoms with Crippen molar-refractivity contribution in [3.8, 4) is 0 Å². The molecule has 0 aromatic rings. The van der Waals surface area contributed by atoms with E-state index < -0.39 is 23.5 Å². The number of fused-ring (bicyclic) bond motifs is 2. The Kier molecular flexibility index (Phi) is 6.23. The van der Waals surface area contributed by atoms with Crippen LogP contribution in [0.2, 0.25) is 0 Å². The van der Waals surface area contributed by atoms with E-state index in [0.717, 1.165) is 24.8 Å². The number of ether oxygens (including phenoxy) is 4. The van der Waals surface area contributed by atoms with Gasteiger partial charge in [-0.15, -0.1) is 0 Å². The van der Waals surface area contributed by atoms with Gasteiger partial charge in [0.25, 0.3) is 0 Å². The normalized spacial score (nSPS) is 51.0. The van der Waals surface area contributed by atoms with Crippen molar-refractivity contribution in [1.82, 2.24) is 0 Å². The molecule has 188 valence electrons. The maximum absolute atomic E-state index is 6.50. The van der Waals surface area contributed by atoms with Gasteiger partial charge in [0.2, 0.25) is 5.79 Å². The Morgan fingerprint density at radius 1 is 1.00 bits per heavy atom. The van der Waals surface area contributed by atoms with Crippen LogP contribution < -0.4 is 0 Å². The van der Waals surface area contributed by atoms with E-state index in [1.165, 1.54) is 6.42 Å². The lowest BCUT2D eigenvalue weighted by molar-refractivity contribution is -0.577. The van der Waals surface area contributed by atoms with Crippen molar-refractivity contribution < 1.29 is 38.5 Å². The molecule has 5 aliphatic heterocycles. The molecule has 1 aliphatic carbocycles. The molecule has 5 heterocycles. The molecule has 0 unspecified atom stereocenters. The highest BCUT2D eigenvalue weighted by Crippen LogP contribution is 2.60. The van der Waals surface area contributed by atoms with E-state index in [-0.39, 0.29) is 30.3 Å². The topological polar surface area (TPSA) is 73.8 Å². The van der Waals surface area contributed by atoms with Crippen molar-refractivity contribution in [2.45, 2.75) is 116 Å². The molecule has 0 aromatic heterocycles. The first-order chi connectivity index (χ1) is 15.5. The van der Waals surface area contributed by atoms with Gasteiger partial charge >= 0.3 is 0 Å². The molecule has 1 spiro atoms. The number of hydrogen-bond donors (Lipinski definition) is 0. The highest BCUT2D eigenvalue weighted by atomic mass is 17.3. The van der Waals surface area contributed by atoms with E-state index in [9.17, 15) is 0 Å². The lowest BCUT2D eigenvalue weighted by Gasteiger charge is -2.60. The van der Waals surface area contributed by atoms with E-state index in [2.05, 4.69) is 20.4 Å². The molecular weight excluding hydrogens is 428 g/mol. The molecule has 2 bridgehead atoms. The van der Waals surface area contributed by atoms with Gasteiger partial charge < -0.3 is 18.9 Å². The Balaban J connectivity index is 1.29. The summed E-state index contributed by atoms with van der Waals surface area (Å²) in [5, 5.41) is 0. The number of rotatable bonds is 5. The zero-order valence-electron chi connectivity index (χ0n) is 20.8. The fourth-order valence-corrected chi connectivity index (χ4v) is 6.65. The Morgan fingerprint density at radius 3 is 2.55 bits per heavy atom. The van der Waals surface area contributed by atoms with Crippen LogP contribution >= 0.6 is 0 Å². The summed E-state index contributed by atoms with van der Waals surface area (Å²) in [5.74, 6) is -0.318. The highest BCUT2D eigenvalue weighted by Gasteiger charge is 2.69. The van der Waals surface area contributed by atoms with Crippen LogP contribution in [-0.4, -0.2) is 48.6 Å². The quantitative estimate of drug-likeness (QED) is 0.427. The molecule has 8 nitrogen and oxygen atoms in total. The fourth-order valence-electron chi connectivity index (χ4n) is 6.65. The van der Waals surface area contributed by atoms with Crippen molar-refractivity contribution >= 4 is 0 Å². The predicted molar refractivity (Wildman–Crippen MR) is 117 cm³/mol. The molecule has 33 heavy (non-hydrogen) atoms. The van der Waals surface area contributed by atoms with Crippen molar-refractivity contribution in [3.05, 3.63) is 12.2 Å². The molecule has 6 aliphatic rings. The molecular formula is C25H40O8. The summed E-state index contributed by atoms with van der Waals surface area (Å²) in [6.45, 7) is 16.5. The fraction of sp³-hybridized carbons (Fsp3) is 0.920. The third-order valence-corrected chi connectivity index (χ3v) is 8.39. The first-order valence-electron chi connectivity index (χ1n) is 12.5. The second-order valence-electron chi connectivity index (χ2n) is 11.4. The molecule has 0 radical (unpaired) electrons. The Bertz CT molecular complexity index is 757. The molecule has 6 rings (SSSR count). The maximum atomic E-state index is 6.50. The lowest BCUT2D eigenvalue weighted by atomic mass is 9.58. The molecule has 6 fully saturated rings. The van der Waals surface area contributed by atoms with E-state index in [1.807, 2.05) is 27.7 Å². The second kappa shape index (κ2) is 8.52. The van der Waals surface area contributed by atoms with Crippen LogP contribution in [0.5, 0.6) is 0 Å². The summed E-state index contributed by atoms with van der Waals surface area (Å²) >= 11 is 0. The minimum Gasteiger partial charge on any atom is -0.352 e. The second-order valence-corrected chi connectivity index (χ2v) is 11.4. The highest BCUT2D eigenvalue weighted by molar-refractivity contribution is 5.09. The first-order valence-corrected chi connectivity index (χ1v) is 12.5. The smallest absolute Gasteiger partial charge is 0.201 e. The van der Waals surface area contributed by atoms with Crippen LogP contribution in [0.15, 0.2) is 12.2 Å². The molecule has 1 saturated carbocycles. The third kappa shape index (κ3) is 4.10. The molecule has 0 N–H and O–H groups in total. The van der Waals surface area contributed by atoms with E-state index in [4.69, 9.17) is 38.5 Å². The SMILES string of the molecule is C=C(C)[C@H]1OOC(C)(C)O[C@@H]1CCO[C@H]1O[C@H]2O[C@]3(C)CC[C@H]4[C@H](C)CC[C@@H]([C@H]1C)[C@@]24OO3. The van der Waals surface area contributed by atoms with Gasteiger partial charge in [0.05, 0.1) is 12.7 Å². The van der Waals surface area contributed by atoms with Crippen molar-refractivity contribution in [1.29, 1.82) is 0 Å². The van der Waals surface area contributed by atoms with Gasteiger partial charge in [0.1, 0.15) is 6.10 Å². The Hall–Kier alpha value is -0.580. The Morgan fingerprint density at radius 2 is 1.79 bits per heavy atom. The van der Waals surface area contributed by atoms with Gasteiger partial charge in [-0.3, -0.25) is 0 Å². The predicted octanol–water partition coefficient (Wildman–Crippen LogP) is 4.63. The Labute approximate surface area is 197 Å². The summed E-state index contributed by atoms with van der Waals surface area (Å²) in [7, 11) is 0. The minimum atomic E-state index is -0.814. The van der Waals surface area contributed by atoms with E-state index >= 15 is 0 Å². The van der Waals surface area contributed by atoms with Gasteiger partial charge in [-0.2, -0.15) is 0 Å². The minimum absolute atomic E-state index is 0.145. The average molecular weight is 469 g/mol.